The van der Waals surface area contributed by atoms with Crippen LogP contribution in [0.4, 0.5) is 0 Å². The van der Waals surface area contributed by atoms with Crippen molar-refractivity contribution in [3.63, 3.8) is 0 Å². The van der Waals surface area contributed by atoms with Gasteiger partial charge in [0, 0.05) is 0 Å². The quantitative estimate of drug-likeness (QED) is 0.335. The fourth-order valence-corrected chi connectivity index (χ4v) is 4.38. The second kappa shape index (κ2) is 15.2. The average Bonchev–Trinajstić information content (AvgIpc) is 3.18. The van der Waals surface area contributed by atoms with Crippen molar-refractivity contribution in [2.24, 2.45) is 23.7 Å². The molecule has 2 saturated carbocycles. The van der Waals surface area contributed by atoms with E-state index in [1.807, 2.05) is 0 Å². The summed E-state index contributed by atoms with van der Waals surface area (Å²) in [7, 11) is 0. The number of allylic oxidation sites excluding steroid dienone is 8. The van der Waals surface area contributed by atoms with Crippen molar-refractivity contribution in [1.82, 2.24) is 0 Å². The van der Waals surface area contributed by atoms with E-state index in [0.29, 0.717) is 0 Å². The largest absolute Gasteiger partial charge is 1.00 e. The zero-order valence-corrected chi connectivity index (χ0v) is 22.9. The molecule has 4 aliphatic carbocycles. The standard InChI is InChI=1S/2C11H15.C2H6Si.2ClH.Zr/c2*1-9-5-2-3-6-10-7-4-8-11(9)10;1-3-2;;;/h2*2-3,6-7,9,11H,4-5,8H2,1H3;1-2H3;2*1H;/q2*-1;;;;+2/p-2. The number of hydrogen-bond donors (Lipinski definition) is 0. The number of rotatable bonds is 0. The molecule has 0 radical (unpaired) electrons. The van der Waals surface area contributed by atoms with Crippen LogP contribution in [-0.2, 0) is 23.3 Å². The summed E-state index contributed by atoms with van der Waals surface area (Å²) in [6.45, 7) is 9.35. The van der Waals surface area contributed by atoms with Gasteiger partial charge in [-0.2, -0.15) is 0 Å². The predicted octanol–water partition coefficient (Wildman–Crippen LogP) is 1.04. The van der Waals surface area contributed by atoms with Crippen LogP contribution < -0.4 is 24.8 Å². The maximum atomic E-state index is 2.40. The molecule has 4 unspecified atom stereocenters. The van der Waals surface area contributed by atoms with Gasteiger partial charge in [-0.25, -0.2) is 36.1 Å². The van der Waals surface area contributed by atoms with Crippen LogP contribution in [0.5, 0.6) is 0 Å². The first-order valence-corrected chi connectivity index (χ1v) is 16.6. The van der Waals surface area contributed by atoms with E-state index in [2.05, 4.69) is 76.2 Å². The van der Waals surface area contributed by atoms with E-state index in [-0.39, 0.29) is 30.2 Å². The Morgan fingerprint density at radius 1 is 0.821 bits per heavy atom. The average molecular weight is 515 g/mol. The Labute approximate surface area is 202 Å². The number of hydrogen-bond acceptors (Lipinski definition) is 0. The van der Waals surface area contributed by atoms with Gasteiger partial charge in [0.2, 0.25) is 0 Å². The van der Waals surface area contributed by atoms with Crippen molar-refractivity contribution in [2.45, 2.75) is 65.5 Å². The van der Waals surface area contributed by atoms with Crippen molar-refractivity contribution < 1.29 is 48.1 Å². The molecule has 156 valence electrons. The molecule has 0 aliphatic heterocycles. The van der Waals surface area contributed by atoms with Crippen LogP contribution in [0.25, 0.3) is 0 Å². The molecule has 0 heterocycles. The minimum absolute atomic E-state index is 0. The summed E-state index contributed by atoms with van der Waals surface area (Å²) in [5, 5.41) is 0. The summed E-state index contributed by atoms with van der Waals surface area (Å²) >= 11 is 1.74. The Balaban J connectivity index is 0.000000415. The van der Waals surface area contributed by atoms with E-state index in [0.717, 1.165) is 23.7 Å². The van der Waals surface area contributed by atoms with E-state index >= 15 is 0 Å². The van der Waals surface area contributed by atoms with Gasteiger partial charge in [-0.15, -0.1) is 37.1 Å². The smallest absolute Gasteiger partial charge is 1.00 e. The predicted molar refractivity (Wildman–Crippen MR) is 114 cm³/mol. The summed E-state index contributed by atoms with van der Waals surface area (Å²) < 4.78 is 0. The maximum absolute atomic E-state index is 2.40. The second-order valence-electron chi connectivity index (χ2n) is 8.39. The molecule has 0 nitrogen and oxygen atoms in total. The zero-order valence-electron chi connectivity index (χ0n) is 17.9. The van der Waals surface area contributed by atoms with Crippen molar-refractivity contribution in [3.8, 4) is 0 Å². The van der Waals surface area contributed by atoms with Gasteiger partial charge in [-0.1, -0.05) is 26.7 Å². The van der Waals surface area contributed by atoms with Gasteiger partial charge in [0.25, 0.3) is 0 Å². The molecule has 4 aliphatic rings. The Kier molecular flexibility index (Phi) is 15.4. The van der Waals surface area contributed by atoms with Crippen LogP contribution in [0, 0.1) is 36.5 Å². The normalized spacial score (nSPS) is 28.9. The molecule has 0 bridgehead atoms. The van der Waals surface area contributed by atoms with Gasteiger partial charge in [0.15, 0.2) is 0 Å². The molecule has 4 heteroatoms. The fourth-order valence-electron chi connectivity index (χ4n) is 4.38. The second-order valence-corrected chi connectivity index (χ2v) is 17.8. The van der Waals surface area contributed by atoms with Gasteiger partial charge in [0.05, 0.1) is 0 Å². The van der Waals surface area contributed by atoms with Gasteiger partial charge >= 0.3 is 41.9 Å². The van der Waals surface area contributed by atoms with Crippen LogP contribution >= 0.6 is 0 Å². The van der Waals surface area contributed by atoms with Crippen LogP contribution in [0.3, 0.4) is 0 Å². The molecule has 0 spiro atoms. The van der Waals surface area contributed by atoms with Crippen LogP contribution in [-0.4, -0.2) is 5.43 Å². The molecule has 28 heavy (non-hydrogen) atoms. The first-order valence-electron chi connectivity index (χ1n) is 10.4. The van der Waals surface area contributed by atoms with Crippen molar-refractivity contribution in [2.75, 3.05) is 0 Å². The minimum atomic E-state index is 0. The van der Waals surface area contributed by atoms with E-state index in [1.54, 1.807) is 34.5 Å². The summed E-state index contributed by atoms with van der Waals surface area (Å²) in [6, 6.07) is 0. The summed E-state index contributed by atoms with van der Waals surface area (Å²) in [4.78, 5) is 0. The first kappa shape index (κ1) is 28.4. The molecule has 0 aromatic carbocycles. The molecular weight excluding hydrogens is 478 g/mol. The van der Waals surface area contributed by atoms with Crippen LogP contribution in [0.2, 0.25) is 13.1 Å². The Morgan fingerprint density at radius 3 is 1.54 bits per heavy atom. The number of halogens is 2. The van der Waals surface area contributed by atoms with Crippen molar-refractivity contribution >= 4 is 5.43 Å². The molecule has 0 aromatic heterocycles. The van der Waals surface area contributed by atoms with E-state index in [9.17, 15) is 0 Å². The molecule has 0 amide bonds. The van der Waals surface area contributed by atoms with Gasteiger partial charge in [-0.05, 0) is 36.5 Å². The van der Waals surface area contributed by atoms with Gasteiger partial charge in [0.1, 0.15) is 0 Å². The monoisotopic (exact) mass is 512 g/mol. The Bertz CT molecular complexity index is 541. The molecule has 2 fully saturated rings. The number of fused-ring (bicyclic) bond motifs is 2. The van der Waals surface area contributed by atoms with Crippen LogP contribution in [0.15, 0.2) is 47.6 Å². The topological polar surface area (TPSA) is 0 Å². The first-order chi connectivity index (χ1) is 12.5. The van der Waals surface area contributed by atoms with Crippen molar-refractivity contribution in [1.29, 1.82) is 0 Å². The maximum Gasteiger partial charge on any atom is -1.00 e. The third kappa shape index (κ3) is 9.46. The van der Waals surface area contributed by atoms with E-state index in [1.165, 1.54) is 38.5 Å². The fraction of sp³-hybridized carbons (Fsp3) is 0.583. The van der Waals surface area contributed by atoms with Gasteiger partial charge in [-0.3, -0.25) is 0 Å². The Hall–Kier alpha value is 0.380. The molecular formula is C24H36Cl2SiZr-2. The molecule has 4 rings (SSSR count). The zero-order chi connectivity index (χ0) is 18.9. The van der Waals surface area contributed by atoms with Crippen molar-refractivity contribution in [3.05, 3.63) is 60.4 Å². The molecule has 0 saturated heterocycles. The van der Waals surface area contributed by atoms with E-state index in [4.69, 9.17) is 0 Å². The third-order valence-electron chi connectivity index (χ3n) is 5.81. The molecule has 0 aromatic rings. The SMILES string of the molecule is CC1CC=CC=C2[CH-]CCC21.CC1CC=CC=C2[CH-]CCC21.C[Si](C)=[Zr+2].[Cl-].[Cl-]. The van der Waals surface area contributed by atoms with Gasteiger partial charge < -0.3 is 24.8 Å². The molecule has 4 atom stereocenters. The summed E-state index contributed by atoms with van der Waals surface area (Å²) in [6.07, 6.45) is 26.3. The minimum Gasteiger partial charge on any atom is -1.00 e. The third-order valence-corrected chi connectivity index (χ3v) is 5.81. The van der Waals surface area contributed by atoms with E-state index < -0.39 is 0 Å². The summed E-state index contributed by atoms with van der Waals surface area (Å²) in [5.41, 5.74) is 3.39. The summed E-state index contributed by atoms with van der Waals surface area (Å²) in [5.74, 6) is 3.45. The van der Waals surface area contributed by atoms with Crippen LogP contribution in [0.1, 0.15) is 52.4 Å². The Morgan fingerprint density at radius 2 is 1.18 bits per heavy atom. The molecule has 0 N–H and O–H groups in total.